The van der Waals surface area contributed by atoms with E-state index in [1.165, 1.54) is 25.3 Å². The summed E-state index contributed by atoms with van der Waals surface area (Å²) in [5, 5.41) is 10.9. The summed E-state index contributed by atoms with van der Waals surface area (Å²) in [6.07, 6.45) is 0. The summed E-state index contributed by atoms with van der Waals surface area (Å²) in [6.45, 7) is 6.07. The molecule has 2 aromatic rings. The summed E-state index contributed by atoms with van der Waals surface area (Å²) in [5.74, 6) is 0.284. The number of nitrogens with zero attached hydrogens (tertiary/aromatic N) is 1. The van der Waals surface area contributed by atoms with Gasteiger partial charge in [-0.25, -0.2) is 0 Å². The van der Waals surface area contributed by atoms with Crippen molar-refractivity contribution in [1.29, 1.82) is 0 Å². The molecule has 6 nitrogen and oxygen atoms in total. The number of carbonyl (C=O) groups excluding carboxylic acids is 1. The van der Waals surface area contributed by atoms with Crippen LogP contribution in [0.2, 0.25) is 0 Å². The van der Waals surface area contributed by atoms with Crippen molar-refractivity contribution in [1.82, 2.24) is 0 Å². The van der Waals surface area contributed by atoms with Gasteiger partial charge in [-0.05, 0) is 17.0 Å². The van der Waals surface area contributed by atoms with Crippen molar-refractivity contribution < 1.29 is 19.2 Å². The summed E-state index contributed by atoms with van der Waals surface area (Å²) >= 11 is 0. The highest BCUT2D eigenvalue weighted by Gasteiger charge is 2.16. The lowest BCUT2D eigenvalue weighted by Gasteiger charge is -2.19. The molecule has 2 rings (SSSR count). The molecule has 0 atom stereocenters. The highest BCUT2D eigenvalue weighted by molar-refractivity contribution is 5.97. The van der Waals surface area contributed by atoms with Crippen molar-refractivity contribution in [2.45, 2.75) is 26.2 Å². The number of rotatable bonds is 6. The Kier molecular flexibility index (Phi) is 5.41. The van der Waals surface area contributed by atoms with E-state index in [1.54, 1.807) is 12.1 Å². The third-order valence-electron chi connectivity index (χ3n) is 3.79. The molecular formula is C19H21NO5. The van der Waals surface area contributed by atoms with Gasteiger partial charge >= 0.3 is 0 Å². The predicted octanol–water partition coefficient (Wildman–Crippen LogP) is 4.16. The van der Waals surface area contributed by atoms with Gasteiger partial charge in [0.1, 0.15) is 0 Å². The van der Waals surface area contributed by atoms with Crippen LogP contribution >= 0.6 is 0 Å². The van der Waals surface area contributed by atoms with E-state index in [2.05, 4.69) is 20.8 Å². The van der Waals surface area contributed by atoms with Crippen molar-refractivity contribution in [2.75, 3.05) is 13.7 Å². The zero-order chi connectivity index (χ0) is 18.6. The van der Waals surface area contributed by atoms with E-state index in [0.717, 1.165) is 5.56 Å². The molecule has 0 amide bonds. The van der Waals surface area contributed by atoms with Gasteiger partial charge in [0.2, 0.25) is 0 Å². The molecule has 2 aromatic carbocycles. The number of hydrogen-bond acceptors (Lipinski definition) is 5. The first-order valence-corrected chi connectivity index (χ1v) is 7.81. The van der Waals surface area contributed by atoms with Crippen LogP contribution in [0.1, 0.15) is 36.7 Å². The van der Waals surface area contributed by atoms with Gasteiger partial charge in [-0.1, -0.05) is 45.0 Å². The molecule has 0 spiro atoms. The van der Waals surface area contributed by atoms with E-state index >= 15 is 0 Å². The highest BCUT2D eigenvalue weighted by Crippen LogP contribution is 2.31. The molecule has 0 N–H and O–H groups in total. The summed E-state index contributed by atoms with van der Waals surface area (Å²) in [4.78, 5) is 22.6. The normalized spacial score (nSPS) is 11.0. The summed E-state index contributed by atoms with van der Waals surface area (Å²) in [6, 6.07) is 11.4. The molecular weight excluding hydrogens is 322 g/mol. The van der Waals surface area contributed by atoms with E-state index in [0.29, 0.717) is 11.3 Å². The maximum Gasteiger partial charge on any atom is 0.273 e. The third-order valence-corrected chi connectivity index (χ3v) is 3.79. The van der Waals surface area contributed by atoms with Gasteiger partial charge in [-0.15, -0.1) is 0 Å². The first-order chi connectivity index (χ1) is 11.7. The SMILES string of the molecule is COc1ccc([N+](=O)[O-])cc1OCC(=O)c1ccc(C(C)(C)C)cc1. The van der Waals surface area contributed by atoms with Crippen LogP contribution in [-0.4, -0.2) is 24.4 Å². The van der Waals surface area contributed by atoms with E-state index in [4.69, 9.17) is 9.47 Å². The van der Waals surface area contributed by atoms with Gasteiger partial charge in [0.15, 0.2) is 23.9 Å². The number of nitro groups is 1. The first kappa shape index (κ1) is 18.4. The van der Waals surface area contributed by atoms with E-state index in [1.807, 2.05) is 12.1 Å². The van der Waals surface area contributed by atoms with Crippen LogP contribution in [0.25, 0.3) is 0 Å². The molecule has 0 radical (unpaired) electrons. The molecule has 0 heterocycles. The second-order valence-corrected chi connectivity index (χ2v) is 6.63. The quantitative estimate of drug-likeness (QED) is 0.447. The van der Waals surface area contributed by atoms with Gasteiger partial charge in [-0.2, -0.15) is 0 Å². The van der Waals surface area contributed by atoms with E-state index in [-0.39, 0.29) is 29.2 Å². The van der Waals surface area contributed by atoms with Crippen molar-refractivity contribution in [3.63, 3.8) is 0 Å². The van der Waals surface area contributed by atoms with Crippen LogP contribution in [0.5, 0.6) is 11.5 Å². The Morgan fingerprint density at radius 1 is 1.08 bits per heavy atom. The molecule has 0 bridgehead atoms. The second kappa shape index (κ2) is 7.34. The maximum atomic E-state index is 12.3. The average molecular weight is 343 g/mol. The Hall–Kier alpha value is -2.89. The zero-order valence-corrected chi connectivity index (χ0v) is 14.7. The van der Waals surface area contributed by atoms with Crippen LogP contribution in [-0.2, 0) is 5.41 Å². The summed E-state index contributed by atoms with van der Waals surface area (Å²) in [5.41, 5.74) is 1.54. The molecule has 0 aliphatic heterocycles. The number of non-ortho nitro benzene ring substituents is 1. The van der Waals surface area contributed by atoms with Crippen LogP contribution in [0.4, 0.5) is 5.69 Å². The molecule has 0 unspecified atom stereocenters. The average Bonchev–Trinajstić information content (AvgIpc) is 2.58. The highest BCUT2D eigenvalue weighted by atomic mass is 16.6. The Morgan fingerprint density at radius 3 is 2.24 bits per heavy atom. The van der Waals surface area contributed by atoms with E-state index in [9.17, 15) is 14.9 Å². The number of ether oxygens (including phenoxy) is 2. The summed E-state index contributed by atoms with van der Waals surface area (Å²) < 4.78 is 10.6. The molecule has 25 heavy (non-hydrogen) atoms. The van der Waals surface area contributed by atoms with Gasteiger partial charge in [-0.3, -0.25) is 14.9 Å². The largest absolute Gasteiger partial charge is 0.493 e. The minimum absolute atomic E-state index is 0.00835. The van der Waals surface area contributed by atoms with Gasteiger partial charge in [0.25, 0.3) is 5.69 Å². The predicted molar refractivity (Wildman–Crippen MR) is 94.6 cm³/mol. The Bertz CT molecular complexity index is 775. The maximum absolute atomic E-state index is 12.3. The van der Waals surface area contributed by atoms with Crippen LogP contribution in [0.15, 0.2) is 42.5 Å². The van der Waals surface area contributed by atoms with Crippen LogP contribution < -0.4 is 9.47 Å². The van der Waals surface area contributed by atoms with Crippen molar-refractivity contribution in [2.24, 2.45) is 0 Å². The molecule has 0 saturated carbocycles. The number of nitro benzene ring substituents is 1. The lowest BCUT2D eigenvalue weighted by atomic mass is 9.86. The smallest absolute Gasteiger partial charge is 0.273 e. The molecule has 0 fully saturated rings. The number of methoxy groups -OCH3 is 1. The van der Waals surface area contributed by atoms with Gasteiger partial charge in [0, 0.05) is 11.6 Å². The number of hydrogen-bond donors (Lipinski definition) is 0. The fraction of sp³-hybridized carbons (Fsp3) is 0.316. The van der Waals surface area contributed by atoms with Crippen molar-refractivity contribution in [3.8, 4) is 11.5 Å². The zero-order valence-electron chi connectivity index (χ0n) is 14.7. The molecule has 6 heteroatoms. The Balaban J connectivity index is 2.12. The molecule has 0 aliphatic carbocycles. The van der Waals surface area contributed by atoms with Crippen LogP contribution in [0.3, 0.4) is 0 Å². The summed E-state index contributed by atoms with van der Waals surface area (Å²) in [7, 11) is 1.43. The number of Topliss-reactive ketones (excluding diaryl/α,β-unsaturated/α-hetero) is 1. The first-order valence-electron chi connectivity index (χ1n) is 7.81. The number of benzene rings is 2. The molecule has 0 aliphatic rings. The minimum atomic E-state index is -0.528. The Morgan fingerprint density at radius 2 is 1.72 bits per heavy atom. The van der Waals surface area contributed by atoms with Gasteiger partial charge < -0.3 is 9.47 Å². The standard InChI is InChI=1S/C19H21NO5/c1-19(2,3)14-7-5-13(6-8-14)16(21)12-25-18-11-15(20(22)23)9-10-17(18)24-4/h5-11H,12H2,1-4H3. The lowest BCUT2D eigenvalue weighted by molar-refractivity contribution is -0.385. The third kappa shape index (κ3) is 4.56. The van der Waals surface area contributed by atoms with Gasteiger partial charge in [0.05, 0.1) is 18.1 Å². The Labute approximate surface area is 146 Å². The molecule has 0 aromatic heterocycles. The van der Waals surface area contributed by atoms with Crippen molar-refractivity contribution >= 4 is 11.5 Å². The topological polar surface area (TPSA) is 78.7 Å². The van der Waals surface area contributed by atoms with E-state index < -0.39 is 4.92 Å². The van der Waals surface area contributed by atoms with Crippen molar-refractivity contribution in [3.05, 3.63) is 63.7 Å². The molecule has 0 saturated heterocycles. The monoisotopic (exact) mass is 343 g/mol. The number of ketones is 1. The van der Waals surface area contributed by atoms with Crippen LogP contribution in [0, 0.1) is 10.1 Å². The fourth-order valence-corrected chi connectivity index (χ4v) is 2.27. The number of carbonyl (C=O) groups is 1. The molecule has 132 valence electrons. The lowest BCUT2D eigenvalue weighted by Crippen LogP contribution is -2.14. The second-order valence-electron chi connectivity index (χ2n) is 6.63. The fourth-order valence-electron chi connectivity index (χ4n) is 2.27. The minimum Gasteiger partial charge on any atom is -0.493 e.